The highest BCUT2D eigenvalue weighted by Gasteiger charge is 2.08. The molecule has 0 bridgehead atoms. The van der Waals surface area contributed by atoms with Gasteiger partial charge in [-0.25, -0.2) is 5.43 Å². The van der Waals surface area contributed by atoms with Gasteiger partial charge >= 0.3 is 0 Å². The smallest absolute Gasteiger partial charge is 0.270 e. The molecule has 2 amide bonds. The maximum absolute atomic E-state index is 12.0. The lowest BCUT2D eigenvalue weighted by Crippen LogP contribution is -2.20. The molecule has 8 heteroatoms. The van der Waals surface area contributed by atoms with Crippen LogP contribution in [0, 0.1) is 24.0 Å². The Bertz CT molecular complexity index is 893. The van der Waals surface area contributed by atoms with Crippen molar-refractivity contribution in [2.45, 2.75) is 26.7 Å². The fourth-order valence-corrected chi connectivity index (χ4v) is 2.35. The Morgan fingerprint density at radius 1 is 1.11 bits per heavy atom. The highest BCUT2D eigenvalue weighted by molar-refractivity contribution is 5.94. The third-order valence-electron chi connectivity index (χ3n) is 3.72. The predicted molar refractivity (Wildman–Crippen MR) is 103 cm³/mol. The van der Waals surface area contributed by atoms with Crippen molar-refractivity contribution in [1.29, 1.82) is 0 Å². The number of carbonyl (C=O) groups is 2. The number of amides is 2. The van der Waals surface area contributed by atoms with Crippen molar-refractivity contribution in [2.24, 2.45) is 5.10 Å². The van der Waals surface area contributed by atoms with E-state index in [1.807, 2.05) is 32.0 Å². The summed E-state index contributed by atoms with van der Waals surface area (Å²) in [6.07, 6.45) is 1.30. The number of aryl methyl sites for hydroxylation is 2. The molecule has 0 spiro atoms. The van der Waals surface area contributed by atoms with E-state index >= 15 is 0 Å². The van der Waals surface area contributed by atoms with Crippen molar-refractivity contribution < 1.29 is 14.5 Å². The molecule has 140 valence electrons. The van der Waals surface area contributed by atoms with Gasteiger partial charge in [0.1, 0.15) is 0 Å². The van der Waals surface area contributed by atoms with Crippen molar-refractivity contribution in [2.75, 3.05) is 5.32 Å². The third kappa shape index (κ3) is 6.35. The number of rotatable bonds is 7. The van der Waals surface area contributed by atoms with Crippen LogP contribution in [0.1, 0.15) is 29.5 Å². The monoisotopic (exact) mass is 368 g/mol. The number of nitrogens with zero attached hydrogens (tertiary/aromatic N) is 2. The number of nitro groups is 1. The Kier molecular flexibility index (Phi) is 6.76. The number of hydrogen-bond acceptors (Lipinski definition) is 5. The Morgan fingerprint density at radius 2 is 1.85 bits per heavy atom. The van der Waals surface area contributed by atoms with Crippen LogP contribution >= 0.6 is 0 Å². The lowest BCUT2D eigenvalue weighted by Gasteiger charge is -2.08. The largest absolute Gasteiger partial charge is 0.326 e. The second kappa shape index (κ2) is 9.23. The van der Waals surface area contributed by atoms with Crippen LogP contribution in [0.25, 0.3) is 0 Å². The average Bonchev–Trinajstić information content (AvgIpc) is 2.62. The highest BCUT2D eigenvalue weighted by Crippen LogP contribution is 2.16. The van der Waals surface area contributed by atoms with Gasteiger partial charge in [-0.2, -0.15) is 5.10 Å². The van der Waals surface area contributed by atoms with E-state index in [0.717, 1.165) is 16.8 Å². The summed E-state index contributed by atoms with van der Waals surface area (Å²) >= 11 is 0. The van der Waals surface area contributed by atoms with Crippen molar-refractivity contribution in [3.05, 3.63) is 69.3 Å². The van der Waals surface area contributed by atoms with Crippen LogP contribution in [0.5, 0.6) is 0 Å². The van der Waals surface area contributed by atoms with E-state index in [4.69, 9.17) is 0 Å². The number of nitro benzene ring substituents is 1. The van der Waals surface area contributed by atoms with Crippen molar-refractivity contribution in [3.63, 3.8) is 0 Å². The van der Waals surface area contributed by atoms with E-state index in [-0.39, 0.29) is 24.4 Å². The number of anilines is 1. The molecule has 0 fully saturated rings. The Hall–Kier alpha value is -3.55. The topological polar surface area (TPSA) is 114 Å². The molecule has 0 aliphatic heterocycles. The summed E-state index contributed by atoms with van der Waals surface area (Å²) in [6, 6.07) is 11.5. The molecule has 2 aromatic rings. The number of hydrogen-bond donors (Lipinski definition) is 2. The van der Waals surface area contributed by atoms with Crippen LogP contribution in [0.15, 0.2) is 47.6 Å². The number of benzene rings is 2. The summed E-state index contributed by atoms with van der Waals surface area (Å²) in [6.45, 7) is 3.87. The second-order valence-corrected chi connectivity index (χ2v) is 6.01. The van der Waals surface area contributed by atoms with Crippen LogP contribution in [0.2, 0.25) is 0 Å². The molecule has 0 radical (unpaired) electrons. The molecule has 0 aliphatic rings. The van der Waals surface area contributed by atoms with Gasteiger partial charge in [-0.3, -0.25) is 19.7 Å². The first-order chi connectivity index (χ1) is 12.8. The fourth-order valence-electron chi connectivity index (χ4n) is 2.35. The van der Waals surface area contributed by atoms with Crippen LogP contribution in [-0.4, -0.2) is 23.0 Å². The summed E-state index contributed by atoms with van der Waals surface area (Å²) in [5, 5.41) is 17.2. The second-order valence-electron chi connectivity index (χ2n) is 6.01. The first kappa shape index (κ1) is 19.8. The standard InChI is InChI=1S/C19H20N4O4/c1-13-6-7-17(14(2)10-13)21-18(24)8-9-19(25)22-20-12-15-4-3-5-16(11-15)23(26)27/h3-7,10-12H,8-9H2,1-2H3,(H,21,24)(H,22,25). The number of nitrogens with one attached hydrogen (secondary N) is 2. The van der Waals surface area contributed by atoms with E-state index in [1.165, 1.54) is 24.4 Å². The molecule has 2 rings (SSSR count). The zero-order valence-electron chi connectivity index (χ0n) is 15.1. The molecule has 8 nitrogen and oxygen atoms in total. The Morgan fingerprint density at radius 3 is 2.56 bits per heavy atom. The van der Waals surface area contributed by atoms with Gasteiger partial charge in [0.15, 0.2) is 0 Å². The molecule has 27 heavy (non-hydrogen) atoms. The Balaban J connectivity index is 1.79. The molecular weight excluding hydrogens is 348 g/mol. The van der Waals surface area contributed by atoms with Crippen LogP contribution < -0.4 is 10.7 Å². The van der Waals surface area contributed by atoms with Gasteiger partial charge in [-0.15, -0.1) is 0 Å². The zero-order chi connectivity index (χ0) is 19.8. The molecule has 0 aliphatic carbocycles. The molecular formula is C19H20N4O4. The maximum Gasteiger partial charge on any atom is 0.270 e. The summed E-state index contributed by atoms with van der Waals surface area (Å²) in [5.74, 6) is -0.688. The third-order valence-corrected chi connectivity index (χ3v) is 3.72. The lowest BCUT2D eigenvalue weighted by molar-refractivity contribution is -0.384. The average molecular weight is 368 g/mol. The molecule has 0 aromatic heterocycles. The molecule has 0 saturated heterocycles. The van der Waals surface area contributed by atoms with Gasteiger partial charge in [-0.1, -0.05) is 29.8 Å². The normalized spacial score (nSPS) is 10.6. The van der Waals surface area contributed by atoms with Gasteiger partial charge in [0, 0.05) is 36.2 Å². The minimum atomic E-state index is -0.510. The molecule has 2 N–H and O–H groups in total. The number of carbonyl (C=O) groups excluding carboxylic acids is 2. The summed E-state index contributed by atoms with van der Waals surface area (Å²) in [7, 11) is 0. The van der Waals surface area contributed by atoms with Gasteiger partial charge in [0.05, 0.1) is 11.1 Å². The van der Waals surface area contributed by atoms with E-state index in [9.17, 15) is 19.7 Å². The predicted octanol–water partition coefficient (Wildman–Crippen LogP) is 3.08. The van der Waals surface area contributed by atoms with Gasteiger partial charge in [0.2, 0.25) is 11.8 Å². The van der Waals surface area contributed by atoms with Gasteiger partial charge in [-0.05, 0) is 25.5 Å². The lowest BCUT2D eigenvalue weighted by atomic mass is 10.1. The first-order valence-corrected chi connectivity index (χ1v) is 8.28. The molecule has 0 unspecified atom stereocenters. The minimum absolute atomic E-state index is 0.0193. The maximum atomic E-state index is 12.0. The Labute approximate surface area is 156 Å². The highest BCUT2D eigenvalue weighted by atomic mass is 16.6. The van der Waals surface area contributed by atoms with Crippen LogP contribution in [0.4, 0.5) is 11.4 Å². The molecule has 0 atom stereocenters. The number of non-ortho nitro benzene ring substituents is 1. The first-order valence-electron chi connectivity index (χ1n) is 8.28. The zero-order valence-corrected chi connectivity index (χ0v) is 15.1. The summed E-state index contributed by atoms with van der Waals surface area (Å²) in [4.78, 5) is 33.9. The molecule has 2 aromatic carbocycles. The van der Waals surface area contributed by atoms with E-state index in [1.54, 1.807) is 6.07 Å². The molecule has 0 saturated carbocycles. The minimum Gasteiger partial charge on any atom is -0.326 e. The molecule has 0 heterocycles. The van der Waals surface area contributed by atoms with Crippen molar-refractivity contribution in [1.82, 2.24) is 5.43 Å². The summed E-state index contributed by atoms with van der Waals surface area (Å²) < 4.78 is 0. The van der Waals surface area contributed by atoms with Crippen molar-refractivity contribution in [3.8, 4) is 0 Å². The van der Waals surface area contributed by atoms with Crippen LogP contribution in [0.3, 0.4) is 0 Å². The summed E-state index contributed by atoms with van der Waals surface area (Å²) in [5.41, 5.74) is 5.49. The fraction of sp³-hybridized carbons (Fsp3) is 0.211. The van der Waals surface area contributed by atoms with Gasteiger partial charge in [0.25, 0.3) is 5.69 Å². The van der Waals surface area contributed by atoms with E-state index < -0.39 is 10.8 Å². The van der Waals surface area contributed by atoms with E-state index in [2.05, 4.69) is 15.8 Å². The SMILES string of the molecule is Cc1ccc(NC(=O)CCC(=O)NN=Cc2cccc([N+](=O)[O-])c2)c(C)c1. The quantitative estimate of drug-likeness (QED) is 0.444. The van der Waals surface area contributed by atoms with E-state index in [0.29, 0.717) is 5.56 Å². The van der Waals surface area contributed by atoms with Crippen molar-refractivity contribution >= 4 is 29.4 Å². The van der Waals surface area contributed by atoms with Gasteiger partial charge < -0.3 is 5.32 Å². The van der Waals surface area contributed by atoms with Crippen LogP contribution in [-0.2, 0) is 9.59 Å². The number of hydrazone groups is 1.